The Bertz CT molecular complexity index is 803. The molecule has 1 fully saturated rings. The number of carbonyl (C=O) groups excluding carboxylic acids is 2. The molecule has 0 aromatic carbocycles. The lowest BCUT2D eigenvalue weighted by Gasteiger charge is -2.30. The van der Waals surface area contributed by atoms with Gasteiger partial charge in [0.15, 0.2) is 5.13 Å². The first-order chi connectivity index (χ1) is 13.7. The monoisotopic (exact) mass is 398 g/mol. The summed E-state index contributed by atoms with van der Waals surface area (Å²) in [6, 6.07) is 5.35. The minimum atomic E-state index is -0.0701. The third kappa shape index (κ3) is 4.41. The van der Waals surface area contributed by atoms with E-state index in [1.165, 1.54) is 36.3 Å². The van der Waals surface area contributed by atoms with Crippen LogP contribution in [0.25, 0.3) is 0 Å². The number of pyridine rings is 1. The Hall–Kier alpha value is -2.28. The molecule has 1 N–H and O–H groups in total. The number of carbonyl (C=O) groups is 2. The van der Waals surface area contributed by atoms with Crippen molar-refractivity contribution in [3.8, 4) is 0 Å². The zero-order chi connectivity index (χ0) is 19.3. The van der Waals surface area contributed by atoms with Crippen LogP contribution >= 0.6 is 11.3 Å². The first-order valence-corrected chi connectivity index (χ1v) is 11.0. The number of thiazole rings is 1. The van der Waals surface area contributed by atoms with E-state index in [1.54, 1.807) is 34.6 Å². The lowest BCUT2D eigenvalue weighted by atomic mass is 9.96. The summed E-state index contributed by atoms with van der Waals surface area (Å²) >= 11 is 1.64. The van der Waals surface area contributed by atoms with Gasteiger partial charge in [0, 0.05) is 30.1 Å². The number of rotatable bonds is 3. The SMILES string of the molecule is O=C(Nc1nc2c(s1)CCCCCC2)C1CCN(C(=O)c2ccccn2)CC1. The molecule has 6 nitrogen and oxygen atoms in total. The highest BCUT2D eigenvalue weighted by molar-refractivity contribution is 7.15. The molecule has 2 aromatic heterocycles. The lowest BCUT2D eigenvalue weighted by molar-refractivity contribution is -0.121. The first-order valence-electron chi connectivity index (χ1n) is 10.2. The van der Waals surface area contributed by atoms with E-state index in [-0.39, 0.29) is 17.7 Å². The van der Waals surface area contributed by atoms with E-state index >= 15 is 0 Å². The Labute approximate surface area is 169 Å². The van der Waals surface area contributed by atoms with Crippen LogP contribution in [0.3, 0.4) is 0 Å². The minimum Gasteiger partial charge on any atom is -0.337 e. The molecule has 28 heavy (non-hydrogen) atoms. The van der Waals surface area contributed by atoms with Crippen LogP contribution < -0.4 is 5.32 Å². The van der Waals surface area contributed by atoms with Crippen molar-refractivity contribution in [2.75, 3.05) is 18.4 Å². The molecule has 1 aliphatic heterocycles. The van der Waals surface area contributed by atoms with Gasteiger partial charge in [0.05, 0.1) is 5.69 Å². The minimum absolute atomic E-state index is 0.0339. The van der Waals surface area contributed by atoms with Gasteiger partial charge >= 0.3 is 0 Å². The second-order valence-electron chi connectivity index (χ2n) is 7.57. The van der Waals surface area contributed by atoms with E-state index in [2.05, 4.69) is 15.3 Å². The van der Waals surface area contributed by atoms with Crippen molar-refractivity contribution in [1.29, 1.82) is 0 Å². The molecule has 3 heterocycles. The molecule has 2 amide bonds. The smallest absolute Gasteiger partial charge is 0.272 e. The molecule has 4 rings (SSSR count). The standard InChI is InChI=1S/C21H26N4O2S/c26-19(24-21-23-16-7-3-1-2-4-9-18(16)28-21)15-10-13-25(14-11-15)20(27)17-8-5-6-12-22-17/h5-6,8,12,15H,1-4,7,9-11,13-14H2,(H,23,24,26). The molecule has 0 spiro atoms. The summed E-state index contributed by atoms with van der Waals surface area (Å²) in [4.78, 5) is 37.1. The summed E-state index contributed by atoms with van der Waals surface area (Å²) in [5.41, 5.74) is 1.64. The molecule has 0 bridgehead atoms. The van der Waals surface area contributed by atoms with E-state index in [9.17, 15) is 9.59 Å². The van der Waals surface area contributed by atoms with Crippen LogP contribution in [-0.4, -0.2) is 39.8 Å². The zero-order valence-electron chi connectivity index (χ0n) is 16.0. The fourth-order valence-electron chi connectivity index (χ4n) is 3.96. The normalized spacial score (nSPS) is 18.1. The van der Waals surface area contributed by atoms with Gasteiger partial charge in [-0.15, -0.1) is 11.3 Å². The summed E-state index contributed by atoms with van der Waals surface area (Å²) in [5.74, 6) is -0.0925. The average molecular weight is 399 g/mol. The lowest BCUT2D eigenvalue weighted by Crippen LogP contribution is -2.41. The van der Waals surface area contributed by atoms with Crippen LogP contribution in [-0.2, 0) is 17.6 Å². The summed E-state index contributed by atoms with van der Waals surface area (Å²) < 4.78 is 0. The largest absolute Gasteiger partial charge is 0.337 e. The van der Waals surface area contributed by atoms with Crippen LogP contribution in [0, 0.1) is 5.92 Å². The predicted molar refractivity (Wildman–Crippen MR) is 109 cm³/mol. The molecule has 2 aliphatic rings. The summed E-state index contributed by atoms with van der Waals surface area (Å²) in [7, 11) is 0. The Morgan fingerprint density at radius 3 is 2.61 bits per heavy atom. The third-order valence-electron chi connectivity index (χ3n) is 5.61. The molecule has 0 unspecified atom stereocenters. The molecular formula is C21H26N4O2S. The Balaban J connectivity index is 1.32. The number of aromatic nitrogens is 2. The van der Waals surface area contributed by atoms with Crippen molar-refractivity contribution < 1.29 is 9.59 Å². The van der Waals surface area contributed by atoms with Gasteiger partial charge in [-0.2, -0.15) is 0 Å². The second-order valence-corrected chi connectivity index (χ2v) is 8.66. The Morgan fingerprint density at radius 2 is 1.86 bits per heavy atom. The van der Waals surface area contributed by atoms with Crippen molar-refractivity contribution in [3.63, 3.8) is 0 Å². The highest BCUT2D eigenvalue weighted by Crippen LogP contribution is 2.29. The summed E-state index contributed by atoms with van der Waals surface area (Å²) in [6.45, 7) is 1.17. The number of nitrogens with one attached hydrogen (secondary N) is 1. The number of nitrogens with zero attached hydrogens (tertiary/aromatic N) is 3. The van der Waals surface area contributed by atoms with Gasteiger partial charge in [0.1, 0.15) is 5.69 Å². The van der Waals surface area contributed by atoms with Crippen molar-refractivity contribution in [2.24, 2.45) is 5.92 Å². The number of fused-ring (bicyclic) bond motifs is 1. The molecule has 1 aliphatic carbocycles. The Morgan fingerprint density at radius 1 is 1.07 bits per heavy atom. The van der Waals surface area contributed by atoms with Gasteiger partial charge < -0.3 is 10.2 Å². The topological polar surface area (TPSA) is 75.2 Å². The number of aryl methyl sites for hydroxylation is 2. The number of hydrogen-bond donors (Lipinski definition) is 1. The highest BCUT2D eigenvalue weighted by Gasteiger charge is 2.29. The third-order valence-corrected chi connectivity index (χ3v) is 6.69. The van der Waals surface area contributed by atoms with Crippen molar-refractivity contribution >= 4 is 28.3 Å². The van der Waals surface area contributed by atoms with Crippen molar-refractivity contribution in [3.05, 3.63) is 40.7 Å². The maximum Gasteiger partial charge on any atom is 0.272 e. The van der Waals surface area contributed by atoms with E-state index in [4.69, 9.17) is 0 Å². The maximum absolute atomic E-state index is 12.7. The average Bonchev–Trinajstić information content (AvgIpc) is 3.08. The second kappa shape index (κ2) is 8.82. The molecule has 2 aromatic rings. The molecule has 0 radical (unpaired) electrons. The van der Waals surface area contributed by atoms with Crippen LogP contribution in [0.15, 0.2) is 24.4 Å². The summed E-state index contributed by atoms with van der Waals surface area (Å²) in [6.07, 6.45) is 10.0. The van der Waals surface area contributed by atoms with Crippen LogP contribution in [0.2, 0.25) is 0 Å². The predicted octanol–water partition coefficient (Wildman–Crippen LogP) is 3.69. The fraction of sp³-hybridized carbons (Fsp3) is 0.524. The van der Waals surface area contributed by atoms with Crippen molar-refractivity contribution in [1.82, 2.24) is 14.9 Å². The Kier molecular flexibility index (Phi) is 6.00. The number of amides is 2. The van der Waals surface area contributed by atoms with Gasteiger partial charge in [-0.05, 0) is 50.7 Å². The molecule has 0 atom stereocenters. The van der Waals surface area contributed by atoms with E-state index in [0.29, 0.717) is 31.6 Å². The van der Waals surface area contributed by atoms with Gasteiger partial charge in [0.25, 0.3) is 5.91 Å². The fourth-order valence-corrected chi connectivity index (χ4v) is 5.02. The van der Waals surface area contributed by atoms with Gasteiger partial charge in [-0.25, -0.2) is 4.98 Å². The quantitative estimate of drug-likeness (QED) is 0.856. The van der Waals surface area contributed by atoms with Gasteiger partial charge in [-0.1, -0.05) is 18.9 Å². The zero-order valence-corrected chi connectivity index (χ0v) is 16.8. The molecule has 148 valence electrons. The van der Waals surface area contributed by atoms with Crippen molar-refractivity contribution in [2.45, 2.75) is 51.4 Å². The molecule has 7 heteroatoms. The van der Waals surface area contributed by atoms with Gasteiger partial charge in [-0.3, -0.25) is 14.6 Å². The van der Waals surface area contributed by atoms with E-state index < -0.39 is 0 Å². The number of anilines is 1. The first kappa shape index (κ1) is 19.1. The van der Waals surface area contributed by atoms with E-state index in [1.807, 2.05) is 6.07 Å². The summed E-state index contributed by atoms with van der Waals surface area (Å²) in [5, 5.41) is 3.78. The van der Waals surface area contributed by atoms with E-state index in [0.717, 1.165) is 18.0 Å². The maximum atomic E-state index is 12.7. The number of piperidine rings is 1. The van der Waals surface area contributed by atoms with Gasteiger partial charge in [0.2, 0.25) is 5.91 Å². The van der Waals surface area contributed by atoms with Crippen LogP contribution in [0.1, 0.15) is 59.6 Å². The van der Waals surface area contributed by atoms with Crippen LogP contribution in [0.5, 0.6) is 0 Å². The number of likely N-dealkylation sites (tertiary alicyclic amines) is 1. The van der Waals surface area contributed by atoms with Crippen LogP contribution in [0.4, 0.5) is 5.13 Å². The molecule has 1 saturated heterocycles. The number of hydrogen-bond acceptors (Lipinski definition) is 5. The molecular weight excluding hydrogens is 372 g/mol. The molecule has 0 saturated carbocycles. The highest BCUT2D eigenvalue weighted by atomic mass is 32.1.